The zero-order valence-corrected chi connectivity index (χ0v) is 19.8. The summed E-state index contributed by atoms with van der Waals surface area (Å²) in [5.41, 5.74) is 0.578. The summed E-state index contributed by atoms with van der Waals surface area (Å²) in [6.45, 7) is -0.510. The number of methoxy groups -OCH3 is 3. The topological polar surface area (TPSA) is 94.2 Å². The molecule has 0 atom stereocenters. The molecule has 0 aliphatic carbocycles. The molecule has 8 nitrogen and oxygen atoms in total. The molecule has 0 unspecified atom stereocenters. The fraction of sp³-hybridized carbons (Fsp3) is 0.174. The molecule has 3 aromatic rings. The number of carbonyl (C=O) groups is 1. The number of rotatable bonds is 9. The van der Waals surface area contributed by atoms with Gasteiger partial charge in [-0.1, -0.05) is 29.8 Å². The van der Waals surface area contributed by atoms with Crippen molar-refractivity contribution in [1.29, 1.82) is 0 Å². The molecule has 174 valence electrons. The number of amides is 1. The van der Waals surface area contributed by atoms with Gasteiger partial charge in [-0.15, -0.1) is 0 Å². The fourth-order valence-electron chi connectivity index (χ4n) is 3.09. The van der Waals surface area contributed by atoms with Gasteiger partial charge in [-0.05, 0) is 42.5 Å². The smallest absolute Gasteiger partial charge is 0.264 e. The third-order valence-electron chi connectivity index (χ3n) is 4.71. The summed E-state index contributed by atoms with van der Waals surface area (Å²) >= 11 is 6.12. The number of hydrogen-bond acceptors (Lipinski definition) is 6. The summed E-state index contributed by atoms with van der Waals surface area (Å²) in [5.74, 6) is 0.582. The van der Waals surface area contributed by atoms with Crippen molar-refractivity contribution in [2.45, 2.75) is 4.90 Å². The molecule has 0 saturated carbocycles. The van der Waals surface area contributed by atoms with Crippen molar-refractivity contribution in [2.75, 3.05) is 37.5 Å². The molecule has 0 aliphatic heterocycles. The quantitative estimate of drug-likeness (QED) is 0.483. The van der Waals surface area contributed by atoms with Gasteiger partial charge in [0, 0.05) is 11.8 Å². The van der Waals surface area contributed by atoms with Crippen LogP contribution in [0.15, 0.2) is 71.6 Å². The summed E-state index contributed by atoms with van der Waals surface area (Å²) in [4.78, 5) is 12.9. The maximum Gasteiger partial charge on any atom is 0.264 e. The minimum atomic E-state index is -4.11. The lowest BCUT2D eigenvalue weighted by atomic mass is 10.2. The highest BCUT2D eigenvalue weighted by Gasteiger charge is 2.29. The van der Waals surface area contributed by atoms with Crippen LogP contribution in [-0.2, 0) is 14.8 Å². The van der Waals surface area contributed by atoms with E-state index >= 15 is 0 Å². The molecule has 0 fully saturated rings. The average molecular weight is 491 g/mol. The molecule has 1 N–H and O–H groups in total. The standard InChI is InChI=1S/C23H23ClN2O6S/c1-30-17-10-11-20(22(14-17)32-3)26(33(28,29)18-7-5-4-6-8-18)15-23(27)25-16-9-12-21(31-2)19(24)13-16/h4-14H,15H2,1-3H3,(H,25,27). The first kappa shape index (κ1) is 24.2. The molecule has 33 heavy (non-hydrogen) atoms. The van der Waals surface area contributed by atoms with Crippen LogP contribution in [-0.4, -0.2) is 42.2 Å². The van der Waals surface area contributed by atoms with Crippen molar-refractivity contribution in [3.63, 3.8) is 0 Å². The van der Waals surface area contributed by atoms with Crippen molar-refractivity contribution in [1.82, 2.24) is 0 Å². The van der Waals surface area contributed by atoms with Crippen LogP contribution in [0.4, 0.5) is 11.4 Å². The number of ether oxygens (including phenoxy) is 3. The molecule has 10 heteroatoms. The molecule has 0 heterocycles. The molecule has 3 aromatic carbocycles. The van der Waals surface area contributed by atoms with Crippen LogP contribution in [0.5, 0.6) is 17.2 Å². The summed E-state index contributed by atoms with van der Waals surface area (Å²) in [5, 5.41) is 2.97. The molecule has 0 aliphatic rings. The number of nitrogens with zero attached hydrogens (tertiary/aromatic N) is 1. The van der Waals surface area contributed by atoms with Crippen LogP contribution in [0.2, 0.25) is 5.02 Å². The number of hydrogen-bond donors (Lipinski definition) is 1. The summed E-state index contributed by atoms with van der Waals surface area (Å²) in [6, 6.07) is 17.2. The predicted molar refractivity (Wildman–Crippen MR) is 127 cm³/mol. The van der Waals surface area contributed by atoms with Crippen LogP contribution >= 0.6 is 11.6 Å². The number of halogens is 1. The van der Waals surface area contributed by atoms with E-state index in [1.54, 1.807) is 42.5 Å². The molecule has 3 rings (SSSR count). The van der Waals surface area contributed by atoms with E-state index in [1.807, 2.05) is 0 Å². The fourth-order valence-corrected chi connectivity index (χ4v) is 4.80. The lowest BCUT2D eigenvalue weighted by molar-refractivity contribution is -0.114. The van der Waals surface area contributed by atoms with Crippen molar-refractivity contribution in [2.24, 2.45) is 0 Å². The van der Waals surface area contributed by atoms with Gasteiger partial charge in [0.15, 0.2) is 0 Å². The van der Waals surface area contributed by atoms with Crippen LogP contribution in [0, 0.1) is 0 Å². The molecule has 1 amide bonds. The van der Waals surface area contributed by atoms with E-state index in [1.165, 1.54) is 45.6 Å². The lowest BCUT2D eigenvalue weighted by Gasteiger charge is -2.26. The third kappa shape index (κ3) is 5.50. The highest BCUT2D eigenvalue weighted by molar-refractivity contribution is 7.92. The highest BCUT2D eigenvalue weighted by Crippen LogP contribution is 2.35. The van der Waals surface area contributed by atoms with Gasteiger partial charge in [0.05, 0.1) is 36.9 Å². The van der Waals surface area contributed by atoms with Gasteiger partial charge in [0.25, 0.3) is 10.0 Å². The van der Waals surface area contributed by atoms with Gasteiger partial charge < -0.3 is 19.5 Å². The largest absolute Gasteiger partial charge is 0.497 e. The second kappa shape index (κ2) is 10.5. The van der Waals surface area contributed by atoms with E-state index in [0.29, 0.717) is 22.2 Å². The Morgan fingerprint density at radius 3 is 2.21 bits per heavy atom. The molecular formula is C23H23ClN2O6S. The van der Waals surface area contributed by atoms with Gasteiger partial charge in [0.1, 0.15) is 23.8 Å². The Balaban J connectivity index is 1.99. The van der Waals surface area contributed by atoms with E-state index in [4.69, 9.17) is 25.8 Å². The molecule has 0 spiro atoms. The number of carbonyl (C=O) groups excluding carboxylic acids is 1. The Morgan fingerprint density at radius 1 is 0.909 bits per heavy atom. The highest BCUT2D eigenvalue weighted by atomic mass is 35.5. The van der Waals surface area contributed by atoms with Crippen LogP contribution in [0.1, 0.15) is 0 Å². The number of anilines is 2. The van der Waals surface area contributed by atoms with Crippen molar-refractivity contribution in [3.8, 4) is 17.2 Å². The first-order chi connectivity index (χ1) is 15.8. The summed E-state index contributed by atoms with van der Waals surface area (Å²) < 4.78 is 43.7. The number of nitrogens with one attached hydrogen (secondary N) is 1. The molecule has 0 saturated heterocycles. The SMILES string of the molecule is COc1ccc(N(CC(=O)Nc2ccc(OC)c(Cl)c2)S(=O)(=O)c2ccccc2)c(OC)c1. The maximum atomic E-state index is 13.5. The Labute approximate surface area is 197 Å². The Bertz CT molecular complexity index is 1230. The van der Waals surface area contributed by atoms with E-state index in [0.717, 1.165) is 4.31 Å². The van der Waals surface area contributed by atoms with Gasteiger partial charge in [-0.25, -0.2) is 8.42 Å². The average Bonchev–Trinajstić information content (AvgIpc) is 2.82. The van der Waals surface area contributed by atoms with Crippen molar-refractivity contribution in [3.05, 3.63) is 71.8 Å². The minimum absolute atomic E-state index is 0.0307. The lowest BCUT2D eigenvalue weighted by Crippen LogP contribution is -2.38. The zero-order valence-electron chi connectivity index (χ0n) is 18.2. The molecule has 0 aromatic heterocycles. The summed E-state index contributed by atoms with van der Waals surface area (Å²) in [6.07, 6.45) is 0. The van der Waals surface area contributed by atoms with Gasteiger partial charge in [0.2, 0.25) is 5.91 Å². The van der Waals surface area contributed by atoms with Gasteiger partial charge >= 0.3 is 0 Å². The Kier molecular flexibility index (Phi) is 7.67. The minimum Gasteiger partial charge on any atom is -0.497 e. The first-order valence-corrected chi connectivity index (χ1v) is 11.5. The number of sulfonamides is 1. The van der Waals surface area contributed by atoms with E-state index < -0.39 is 22.5 Å². The van der Waals surface area contributed by atoms with E-state index in [9.17, 15) is 13.2 Å². The molecular weight excluding hydrogens is 468 g/mol. The second-order valence-corrected chi connectivity index (χ2v) is 9.03. The van der Waals surface area contributed by atoms with Gasteiger partial charge in [-0.2, -0.15) is 0 Å². The van der Waals surface area contributed by atoms with Crippen molar-refractivity contribution >= 4 is 38.9 Å². The Morgan fingerprint density at radius 2 is 1.61 bits per heavy atom. The maximum absolute atomic E-state index is 13.5. The van der Waals surface area contributed by atoms with Crippen LogP contribution < -0.4 is 23.8 Å². The monoisotopic (exact) mass is 490 g/mol. The summed E-state index contributed by atoms with van der Waals surface area (Å²) in [7, 11) is 0.268. The first-order valence-electron chi connectivity index (χ1n) is 9.73. The van der Waals surface area contributed by atoms with Gasteiger partial charge in [-0.3, -0.25) is 9.10 Å². The molecule has 0 radical (unpaired) electrons. The number of benzene rings is 3. The zero-order chi connectivity index (χ0) is 24.0. The Hall–Kier alpha value is -3.43. The predicted octanol–water partition coefficient (Wildman–Crippen LogP) is 4.20. The normalized spacial score (nSPS) is 10.9. The van der Waals surface area contributed by atoms with E-state index in [-0.39, 0.29) is 16.3 Å². The van der Waals surface area contributed by atoms with Crippen LogP contribution in [0.25, 0.3) is 0 Å². The second-order valence-electron chi connectivity index (χ2n) is 6.76. The van der Waals surface area contributed by atoms with E-state index in [2.05, 4.69) is 5.32 Å². The third-order valence-corrected chi connectivity index (χ3v) is 6.78. The molecule has 0 bridgehead atoms. The van der Waals surface area contributed by atoms with Crippen molar-refractivity contribution < 1.29 is 27.4 Å². The van der Waals surface area contributed by atoms with Crippen LogP contribution in [0.3, 0.4) is 0 Å².